The maximum Gasteiger partial charge on any atom is 0.318 e. The standard InChI is InChI=1S/C23H23NO3/c1-16-14-20(17(2)24(16)3)21(25)15-27-23(26)22(18-10-6-4-7-11-18)19-12-8-5-9-13-19/h4-14,22H,15H2,1-3H3. The molecule has 0 aliphatic heterocycles. The van der Waals surface area contributed by atoms with Gasteiger partial charge in [-0.2, -0.15) is 0 Å². The molecule has 4 heteroatoms. The first-order valence-corrected chi connectivity index (χ1v) is 8.91. The Hall–Kier alpha value is -3.14. The van der Waals surface area contributed by atoms with Gasteiger partial charge in [-0.05, 0) is 31.0 Å². The average molecular weight is 361 g/mol. The van der Waals surface area contributed by atoms with E-state index in [4.69, 9.17) is 4.74 Å². The molecular weight excluding hydrogens is 338 g/mol. The summed E-state index contributed by atoms with van der Waals surface area (Å²) in [5.41, 5.74) is 4.14. The van der Waals surface area contributed by atoms with E-state index in [1.807, 2.05) is 92.2 Å². The van der Waals surface area contributed by atoms with Gasteiger partial charge >= 0.3 is 5.97 Å². The molecule has 0 spiro atoms. The SMILES string of the molecule is Cc1cc(C(=O)COC(=O)C(c2ccccc2)c2ccccc2)c(C)n1C. The van der Waals surface area contributed by atoms with Crippen LogP contribution < -0.4 is 0 Å². The summed E-state index contributed by atoms with van der Waals surface area (Å²) in [5, 5.41) is 0. The number of Topliss-reactive ketones (excluding diaryl/α,β-unsaturated/α-hetero) is 1. The summed E-state index contributed by atoms with van der Waals surface area (Å²) >= 11 is 0. The minimum Gasteiger partial charge on any atom is -0.457 e. The molecule has 0 radical (unpaired) electrons. The summed E-state index contributed by atoms with van der Waals surface area (Å²) in [6.45, 7) is 3.56. The molecule has 0 atom stereocenters. The molecule has 27 heavy (non-hydrogen) atoms. The molecule has 138 valence electrons. The van der Waals surface area contributed by atoms with E-state index < -0.39 is 11.9 Å². The topological polar surface area (TPSA) is 48.3 Å². The second-order valence-electron chi connectivity index (χ2n) is 6.63. The van der Waals surface area contributed by atoms with E-state index in [1.54, 1.807) is 0 Å². The number of nitrogens with zero attached hydrogens (tertiary/aromatic N) is 1. The minimum atomic E-state index is -0.557. The van der Waals surface area contributed by atoms with Crippen LogP contribution in [0.2, 0.25) is 0 Å². The maximum atomic E-state index is 12.9. The van der Waals surface area contributed by atoms with Crippen LogP contribution in [0.4, 0.5) is 0 Å². The van der Waals surface area contributed by atoms with Crippen LogP contribution in [0, 0.1) is 13.8 Å². The Morgan fingerprint density at radius 1 is 0.926 bits per heavy atom. The molecule has 1 aromatic heterocycles. The highest BCUT2D eigenvalue weighted by Gasteiger charge is 2.25. The molecule has 0 saturated heterocycles. The van der Waals surface area contributed by atoms with E-state index in [2.05, 4.69) is 0 Å². The third kappa shape index (κ3) is 4.00. The molecule has 0 bridgehead atoms. The molecule has 0 unspecified atom stereocenters. The first-order valence-electron chi connectivity index (χ1n) is 8.91. The quantitative estimate of drug-likeness (QED) is 0.488. The number of carbonyl (C=O) groups excluding carboxylic acids is 2. The van der Waals surface area contributed by atoms with Crippen LogP contribution in [0.5, 0.6) is 0 Å². The molecule has 0 fully saturated rings. The van der Waals surface area contributed by atoms with Crippen molar-refractivity contribution in [1.29, 1.82) is 0 Å². The molecule has 1 heterocycles. The molecule has 0 amide bonds. The van der Waals surface area contributed by atoms with Gasteiger partial charge in [-0.3, -0.25) is 9.59 Å². The summed E-state index contributed by atoms with van der Waals surface area (Å²) in [7, 11) is 1.91. The first kappa shape index (κ1) is 18.6. The number of ether oxygens (including phenoxy) is 1. The van der Waals surface area contributed by atoms with Gasteiger partial charge in [0.15, 0.2) is 6.61 Å². The zero-order valence-electron chi connectivity index (χ0n) is 15.8. The van der Waals surface area contributed by atoms with Gasteiger partial charge in [-0.1, -0.05) is 60.7 Å². The van der Waals surface area contributed by atoms with E-state index in [0.29, 0.717) is 5.56 Å². The van der Waals surface area contributed by atoms with Gasteiger partial charge in [-0.25, -0.2) is 0 Å². The summed E-state index contributed by atoms with van der Waals surface area (Å²) in [5.74, 6) is -1.17. The summed E-state index contributed by atoms with van der Waals surface area (Å²) < 4.78 is 7.39. The third-order valence-electron chi connectivity index (χ3n) is 4.92. The maximum absolute atomic E-state index is 12.9. The van der Waals surface area contributed by atoms with Crippen molar-refractivity contribution in [3.8, 4) is 0 Å². The lowest BCUT2D eigenvalue weighted by molar-refractivity contribution is -0.143. The number of rotatable bonds is 6. The van der Waals surface area contributed by atoms with Gasteiger partial charge in [0.25, 0.3) is 0 Å². The predicted molar refractivity (Wildman–Crippen MR) is 105 cm³/mol. The van der Waals surface area contributed by atoms with Crippen LogP contribution in [0.15, 0.2) is 66.7 Å². The lowest BCUT2D eigenvalue weighted by atomic mass is 9.91. The van der Waals surface area contributed by atoms with Gasteiger partial charge in [0.05, 0.1) is 0 Å². The summed E-state index contributed by atoms with van der Waals surface area (Å²) in [6.07, 6.45) is 0. The van der Waals surface area contributed by atoms with E-state index >= 15 is 0 Å². The lowest BCUT2D eigenvalue weighted by Gasteiger charge is -2.16. The Morgan fingerprint density at radius 3 is 1.89 bits per heavy atom. The number of carbonyl (C=O) groups is 2. The molecule has 0 N–H and O–H groups in total. The lowest BCUT2D eigenvalue weighted by Crippen LogP contribution is -2.21. The molecule has 0 aliphatic rings. The Kier molecular flexibility index (Phi) is 5.55. The highest BCUT2D eigenvalue weighted by molar-refractivity contribution is 5.99. The Bertz CT molecular complexity index is 903. The van der Waals surface area contributed by atoms with Crippen LogP contribution in [-0.4, -0.2) is 22.9 Å². The van der Waals surface area contributed by atoms with E-state index in [9.17, 15) is 9.59 Å². The smallest absolute Gasteiger partial charge is 0.318 e. The zero-order chi connectivity index (χ0) is 19.4. The first-order chi connectivity index (χ1) is 13.0. The number of hydrogen-bond donors (Lipinski definition) is 0. The van der Waals surface area contributed by atoms with Gasteiger partial charge in [0, 0.05) is 24.0 Å². The molecule has 3 aromatic rings. The van der Waals surface area contributed by atoms with Crippen molar-refractivity contribution in [2.24, 2.45) is 7.05 Å². The Balaban J connectivity index is 1.79. The van der Waals surface area contributed by atoms with Crippen LogP contribution in [0.3, 0.4) is 0 Å². The van der Waals surface area contributed by atoms with Gasteiger partial charge in [0.1, 0.15) is 5.92 Å². The largest absolute Gasteiger partial charge is 0.457 e. The van der Waals surface area contributed by atoms with E-state index in [-0.39, 0.29) is 12.4 Å². The fourth-order valence-electron chi connectivity index (χ4n) is 3.19. The van der Waals surface area contributed by atoms with Crippen LogP contribution in [-0.2, 0) is 16.6 Å². The molecule has 0 saturated carbocycles. The van der Waals surface area contributed by atoms with Crippen LogP contribution >= 0.6 is 0 Å². The third-order valence-corrected chi connectivity index (χ3v) is 4.92. The minimum absolute atomic E-state index is 0.190. The fraction of sp³-hybridized carbons (Fsp3) is 0.217. The van der Waals surface area contributed by atoms with Crippen molar-refractivity contribution < 1.29 is 14.3 Å². The summed E-state index contributed by atoms with van der Waals surface area (Å²) in [4.78, 5) is 25.4. The normalized spacial score (nSPS) is 10.8. The molecule has 0 aliphatic carbocycles. The molecule has 2 aromatic carbocycles. The average Bonchev–Trinajstić information content (AvgIpc) is 2.95. The summed E-state index contributed by atoms with van der Waals surface area (Å²) in [6, 6.07) is 20.8. The van der Waals surface area contributed by atoms with Crippen molar-refractivity contribution in [2.45, 2.75) is 19.8 Å². The van der Waals surface area contributed by atoms with Gasteiger partial charge in [-0.15, -0.1) is 0 Å². The van der Waals surface area contributed by atoms with Crippen LogP contribution in [0.25, 0.3) is 0 Å². The second-order valence-corrected chi connectivity index (χ2v) is 6.63. The van der Waals surface area contributed by atoms with Gasteiger partial charge < -0.3 is 9.30 Å². The molecule has 3 rings (SSSR count). The second kappa shape index (κ2) is 8.04. The monoisotopic (exact) mass is 361 g/mol. The number of aromatic nitrogens is 1. The molecule has 4 nitrogen and oxygen atoms in total. The predicted octanol–water partition coefficient (Wildman–Crippen LogP) is 4.20. The number of ketones is 1. The Morgan fingerprint density at radius 2 is 1.44 bits per heavy atom. The van der Waals surface area contributed by atoms with Gasteiger partial charge in [0.2, 0.25) is 5.78 Å². The van der Waals surface area contributed by atoms with Crippen molar-refractivity contribution in [3.05, 3.63) is 94.8 Å². The molecular formula is C23H23NO3. The number of benzene rings is 2. The zero-order valence-corrected chi connectivity index (χ0v) is 15.8. The number of hydrogen-bond acceptors (Lipinski definition) is 3. The highest BCUT2D eigenvalue weighted by atomic mass is 16.5. The van der Waals surface area contributed by atoms with Crippen molar-refractivity contribution in [1.82, 2.24) is 4.57 Å². The van der Waals surface area contributed by atoms with Crippen molar-refractivity contribution in [2.75, 3.05) is 6.61 Å². The highest BCUT2D eigenvalue weighted by Crippen LogP contribution is 2.26. The van der Waals surface area contributed by atoms with Crippen molar-refractivity contribution in [3.63, 3.8) is 0 Å². The fourth-order valence-corrected chi connectivity index (χ4v) is 3.19. The van der Waals surface area contributed by atoms with E-state index in [0.717, 1.165) is 22.5 Å². The Labute approximate surface area is 159 Å². The number of esters is 1. The van der Waals surface area contributed by atoms with Crippen LogP contribution in [0.1, 0.15) is 38.8 Å². The van der Waals surface area contributed by atoms with Crippen molar-refractivity contribution >= 4 is 11.8 Å². The number of aryl methyl sites for hydroxylation is 1. The van der Waals surface area contributed by atoms with E-state index in [1.165, 1.54) is 0 Å².